The molecule has 0 spiro atoms. The van der Waals surface area contributed by atoms with Crippen LogP contribution in [-0.4, -0.2) is 40.6 Å². The van der Waals surface area contributed by atoms with E-state index in [0.29, 0.717) is 5.02 Å². The van der Waals surface area contributed by atoms with Crippen LogP contribution in [0.15, 0.2) is 41.5 Å². The molecule has 0 bridgehead atoms. The molecule has 0 radical (unpaired) electrons. The lowest BCUT2D eigenvalue weighted by Gasteiger charge is -2.35. The lowest BCUT2D eigenvalue weighted by Crippen LogP contribution is -2.46. The van der Waals surface area contributed by atoms with Gasteiger partial charge in [0.2, 0.25) is 0 Å². The first kappa shape index (κ1) is 15.1. The molecule has 6 heteroatoms. The summed E-state index contributed by atoms with van der Waals surface area (Å²) in [5.74, 6) is 0.970. The van der Waals surface area contributed by atoms with Crippen molar-refractivity contribution in [2.24, 2.45) is 7.05 Å². The van der Waals surface area contributed by atoms with Crippen LogP contribution in [0.2, 0.25) is 5.02 Å². The van der Waals surface area contributed by atoms with Crippen LogP contribution in [-0.2, 0) is 13.6 Å². The van der Waals surface area contributed by atoms with Gasteiger partial charge in [-0.1, -0.05) is 11.6 Å². The van der Waals surface area contributed by atoms with Gasteiger partial charge in [0.1, 0.15) is 5.82 Å². The van der Waals surface area contributed by atoms with Gasteiger partial charge in [-0.15, -0.1) is 0 Å². The molecule has 0 aromatic carbocycles. The average Bonchev–Trinajstić information content (AvgIpc) is 2.53. The normalized spacial score (nSPS) is 16.0. The van der Waals surface area contributed by atoms with E-state index in [9.17, 15) is 4.79 Å². The SMILES string of the molecule is Cn1ccc(CN2CCN(c3ccc(Cl)cn3)CC2)cc1=O. The summed E-state index contributed by atoms with van der Waals surface area (Å²) < 4.78 is 1.59. The van der Waals surface area contributed by atoms with Gasteiger partial charge in [0.25, 0.3) is 5.56 Å². The molecule has 22 heavy (non-hydrogen) atoms. The fourth-order valence-corrected chi connectivity index (χ4v) is 2.75. The molecule has 3 rings (SSSR count). The smallest absolute Gasteiger partial charge is 0.250 e. The molecule has 0 aliphatic carbocycles. The molecule has 0 atom stereocenters. The second-order valence-corrected chi connectivity index (χ2v) is 6.02. The molecule has 1 fully saturated rings. The maximum absolute atomic E-state index is 11.7. The van der Waals surface area contributed by atoms with E-state index in [2.05, 4.69) is 14.8 Å². The zero-order valence-corrected chi connectivity index (χ0v) is 13.3. The highest BCUT2D eigenvalue weighted by atomic mass is 35.5. The Labute approximate surface area is 134 Å². The molecular formula is C16H19ClN4O. The van der Waals surface area contributed by atoms with Crippen LogP contribution in [0.1, 0.15) is 5.56 Å². The minimum Gasteiger partial charge on any atom is -0.354 e. The summed E-state index contributed by atoms with van der Waals surface area (Å²) in [5.41, 5.74) is 1.11. The van der Waals surface area contributed by atoms with E-state index < -0.39 is 0 Å². The van der Waals surface area contributed by atoms with Crippen LogP contribution in [0.5, 0.6) is 0 Å². The molecule has 116 valence electrons. The van der Waals surface area contributed by atoms with Crippen LogP contribution in [0.4, 0.5) is 5.82 Å². The second kappa shape index (κ2) is 6.50. The molecule has 2 aromatic rings. The number of hydrogen-bond donors (Lipinski definition) is 0. The van der Waals surface area contributed by atoms with E-state index in [1.165, 1.54) is 0 Å². The molecule has 0 saturated carbocycles. The second-order valence-electron chi connectivity index (χ2n) is 5.58. The number of pyridine rings is 2. The van der Waals surface area contributed by atoms with Gasteiger partial charge in [0.15, 0.2) is 0 Å². The molecule has 2 aromatic heterocycles. The van der Waals surface area contributed by atoms with Gasteiger partial charge >= 0.3 is 0 Å². The average molecular weight is 319 g/mol. The van der Waals surface area contributed by atoms with Crippen LogP contribution in [0.3, 0.4) is 0 Å². The van der Waals surface area contributed by atoms with Crippen LogP contribution >= 0.6 is 11.6 Å². The number of rotatable bonds is 3. The minimum absolute atomic E-state index is 0.0431. The Morgan fingerprint density at radius 2 is 1.95 bits per heavy atom. The fraction of sp³-hybridized carbons (Fsp3) is 0.375. The van der Waals surface area contributed by atoms with Crippen LogP contribution in [0, 0.1) is 0 Å². The molecule has 3 heterocycles. The first-order valence-corrected chi connectivity index (χ1v) is 7.74. The summed E-state index contributed by atoms with van der Waals surface area (Å²) in [5, 5.41) is 0.660. The number of aromatic nitrogens is 2. The van der Waals surface area contributed by atoms with Gasteiger partial charge < -0.3 is 9.47 Å². The maximum Gasteiger partial charge on any atom is 0.250 e. The first-order valence-electron chi connectivity index (χ1n) is 7.36. The van der Waals surface area contributed by atoms with Crippen molar-refractivity contribution in [1.29, 1.82) is 0 Å². The Bertz CT molecular complexity index is 690. The zero-order valence-electron chi connectivity index (χ0n) is 12.6. The Balaban J connectivity index is 1.58. The predicted molar refractivity (Wildman–Crippen MR) is 88.4 cm³/mol. The Hall–Kier alpha value is -1.85. The third-order valence-corrected chi connectivity index (χ3v) is 4.21. The number of anilines is 1. The van der Waals surface area contributed by atoms with E-state index >= 15 is 0 Å². The van der Waals surface area contributed by atoms with E-state index in [0.717, 1.165) is 44.1 Å². The van der Waals surface area contributed by atoms with Gasteiger partial charge in [-0.05, 0) is 23.8 Å². The molecule has 0 N–H and O–H groups in total. The van der Waals surface area contributed by atoms with E-state index in [1.54, 1.807) is 23.9 Å². The van der Waals surface area contributed by atoms with Gasteiger partial charge in [-0.25, -0.2) is 4.98 Å². The summed E-state index contributed by atoms with van der Waals surface area (Å²) in [6, 6.07) is 7.55. The summed E-state index contributed by atoms with van der Waals surface area (Å²) >= 11 is 5.87. The van der Waals surface area contributed by atoms with E-state index in [1.807, 2.05) is 24.4 Å². The highest BCUT2D eigenvalue weighted by molar-refractivity contribution is 6.30. The highest BCUT2D eigenvalue weighted by Crippen LogP contribution is 2.16. The first-order chi connectivity index (χ1) is 10.6. The van der Waals surface area contributed by atoms with Crippen molar-refractivity contribution in [1.82, 2.24) is 14.5 Å². The topological polar surface area (TPSA) is 41.4 Å². The molecule has 1 aliphatic heterocycles. The highest BCUT2D eigenvalue weighted by Gasteiger charge is 2.18. The third kappa shape index (κ3) is 3.48. The third-order valence-electron chi connectivity index (χ3n) is 3.98. The van der Waals surface area contributed by atoms with Crippen LogP contribution < -0.4 is 10.5 Å². The molecular weight excluding hydrogens is 300 g/mol. The largest absolute Gasteiger partial charge is 0.354 e. The van der Waals surface area contributed by atoms with E-state index in [-0.39, 0.29) is 5.56 Å². The number of halogens is 1. The molecule has 0 unspecified atom stereocenters. The van der Waals surface area contributed by atoms with Crippen molar-refractivity contribution in [3.05, 3.63) is 57.6 Å². The Morgan fingerprint density at radius 1 is 1.18 bits per heavy atom. The molecule has 0 amide bonds. The van der Waals surface area contributed by atoms with Gasteiger partial charge in [-0.2, -0.15) is 0 Å². The van der Waals surface area contributed by atoms with Crippen LogP contribution in [0.25, 0.3) is 0 Å². The van der Waals surface area contributed by atoms with Crippen molar-refractivity contribution >= 4 is 17.4 Å². The Morgan fingerprint density at radius 3 is 2.59 bits per heavy atom. The number of nitrogens with zero attached hydrogens (tertiary/aromatic N) is 4. The lowest BCUT2D eigenvalue weighted by molar-refractivity contribution is 0.249. The van der Waals surface area contributed by atoms with Gasteiger partial charge in [0.05, 0.1) is 5.02 Å². The molecule has 1 aliphatic rings. The predicted octanol–water partition coefficient (Wildman–Crippen LogP) is 1.76. The molecule has 1 saturated heterocycles. The van der Waals surface area contributed by atoms with Crippen molar-refractivity contribution in [2.75, 3.05) is 31.1 Å². The minimum atomic E-state index is 0.0431. The standard InChI is InChI=1S/C16H19ClN4O/c1-19-5-4-13(10-16(19)22)12-20-6-8-21(9-7-20)15-3-2-14(17)11-18-15/h2-5,10-11H,6-9,12H2,1H3. The zero-order chi connectivity index (χ0) is 15.5. The maximum atomic E-state index is 11.7. The summed E-state index contributed by atoms with van der Waals surface area (Å²) in [6.07, 6.45) is 3.51. The fourth-order valence-electron chi connectivity index (χ4n) is 2.64. The summed E-state index contributed by atoms with van der Waals surface area (Å²) in [6.45, 7) is 4.59. The number of hydrogen-bond acceptors (Lipinski definition) is 4. The van der Waals surface area contributed by atoms with E-state index in [4.69, 9.17) is 11.6 Å². The van der Waals surface area contributed by atoms with Crippen molar-refractivity contribution in [3.8, 4) is 0 Å². The van der Waals surface area contributed by atoms with Gasteiger partial charge in [-0.3, -0.25) is 9.69 Å². The quantitative estimate of drug-likeness (QED) is 0.864. The lowest BCUT2D eigenvalue weighted by atomic mass is 10.2. The number of aryl methyl sites for hydroxylation is 1. The van der Waals surface area contributed by atoms with Gasteiger partial charge in [0, 0.05) is 58.2 Å². The summed E-state index contributed by atoms with van der Waals surface area (Å²) in [4.78, 5) is 20.6. The summed E-state index contributed by atoms with van der Waals surface area (Å²) in [7, 11) is 1.77. The van der Waals surface area contributed by atoms with Crippen molar-refractivity contribution in [2.45, 2.75) is 6.54 Å². The number of piperazine rings is 1. The van der Waals surface area contributed by atoms with Crippen molar-refractivity contribution in [3.63, 3.8) is 0 Å². The Kier molecular flexibility index (Phi) is 4.45. The van der Waals surface area contributed by atoms with Crippen molar-refractivity contribution < 1.29 is 0 Å². The molecule has 5 nitrogen and oxygen atoms in total. The monoisotopic (exact) mass is 318 g/mol.